The van der Waals surface area contributed by atoms with Crippen molar-refractivity contribution in [3.63, 3.8) is 0 Å². The van der Waals surface area contributed by atoms with Gasteiger partial charge >= 0.3 is 0 Å². The predicted octanol–water partition coefficient (Wildman–Crippen LogP) is 2.63. The van der Waals surface area contributed by atoms with Gasteiger partial charge in [0.15, 0.2) is 5.13 Å². The van der Waals surface area contributed by atoms with Crippen LogP contribution in [0.3, 0.4) is 0 Å². The van der Waals surface area contributed by atoms with E-state index in [1.807, 2.05) is 17.1 Å². The molecular weight excluding hydrogens is 415 g/mol. The lowest BCUT2D eigenvalue weighted by atomic mass is 10.2. The molecule has 0 spiro atoms. The Morgan fingerprint density at radius 3 is 2.77 bits per heavy atom. The molecule has 3 atom stereocenters. The highest BCUT2D eigenvalue weighted by molar-refractivity contribution is 7.99. The molecule has 6 nitrogen and oxygen atoms in total. The van der Waals surface area contributed by atoms with E-state index in [2.05, 4.69) is 34.4 Å². The lowest BCUT2D eigenvalue weighted by molar-refractivity contribution is -0.116. The molecule has 0 aromatic carbocycles. The van der Waals surface area contributed by atoms with Crippen LogP contribution >= 0.6 is 47.9 Å². The zero-order valence-corrected chi connectivity index (χ0v) is 18.4. The van der Waals surface area contributed by atoms with Crippen molar-refractivity contribution in [3.05, 3.63) is 11.1 Å². The van der Waals surface area contributed by atoms with Gasteiger partial charge in [-0.05, 0) is 13.8 Å². The van der Waals surface area contributed by atoms with E-state index in [0.29, 0.717) is 11.6 Å². The lowest BCUT2D eigenvalue weighted by Crippen LogP contribution is -2.44. The Labute approximate surface area is 176 Å². The van der Waals surface area contributed by atoms with Crippen LogP contribution in [-0.4, -0.2) is 65.2 Å². The van der Waals surface area contributed by atoms with Crippen LogP contribution in [-0.2, 0) is 16.1 Å². The number of hydrogen-bond donors (Lipinski definition) is 2. The third-order valence-electron chi connectivity index (χ3n) is 4.11. The van der Waals surface area contributed by atoms with E-state index in [-0.39, 0.29) is 49.0 Å². The normalized spacial score (nSPS) is 26.5. The molecule has 1 aromatic heterocycles. The van der Waals surface area contributed by atoms with Crippen molar-refractivity contribution < 1.29 is 9.53 Å². The highest BCUT2D eigenvalue weighted by Crippen LogP contribution is 2.20. The van der Waals surface area contributed by atoms with Gasteiger partial charge in [-0.2, -0.15) is 11.8 Å². The Balaban J connectivity index is 0.00000169. The van der Waals surface area contributed by atoms with Gasteiger partial charge in [-0.3, -0.25) is 9.69 Å². The second-order valence-electron chi connectivity index (χ2n) is 6.57. The first kappa shape index (κ1) is 23.9. The van der Waals surface area contributed by atoms with Crippen LogP contribution in [0.2, 0.25) is 0 Å². The Kier molecular flexibility index (Phi) is 10.8. The number of ether oxygens (including phenoxy) is 1. The van der Waals surface area contributed by atoms with Crippen molar-refractivity contribution >= 4 is 59.0 Å². The molecule has 0 aliphatic carbocycles. The largest absolute Gasteiger partial charge is 0.373 e. The van der Waals surface area contributed by atoms with E-state index in [1.165, 1.54) is 11.3 Å². The number of aromatic nitrogens is 1. The summed E-state index contributed by atoms with van der Waals surface area (Å²) in [5, 5.41) is 9.07. The first-order valence-corrected chi connectivity index (χ1v) is 10.5. The van der Waals surface area contributed by atoms with Crippen LogP contribution in [0.4, 0.5) is 5.13 Å². The van der Waals surface area contributed by atoms with Crippen LogP contribution in [0.1, 0.15) is 26.0 Å². The Hall–Kier alpha value is -0.0900. The van der Waals surface area contributed by atoms with E-state index >= 15 is 0 Å². The third-order valence-corrected chi connectivity index (χ3v) is 6.05. The second-order valence-corrected chi connectivity index (χ2v) is 8.58. The number of thiazole rings is 1. The van der Waals surface area contributed by atoms with Crippen molar-refractivity contribution in [2.24, 2.45) is 0 Å². The first-order chi connectivity index (χ1) is 11.6. The number of nitrogens with zero attached hydrogens (tertiary/aromatic N) is 2. The molecule has 0 bridgehead atoms. The number of rotatable bonds is 5. The minimum atomic E-state index is 0. The standard InChI is InChI=1S/C16H26N4O2S2.2ClH/c1-11-6-20(7-12(2)22-11)8-14-10-24-16(18-14)19-15(21)5-13-9-23-4-3-17-13;;/h10-13,17H,3-9H2,1-2H3,(H,18,19,21);2*1H. The lowest BCUT2D eigenvalue weighted by Gasteiger charge is -2.34. The van der Waals surface area contributed by atoms with Gasteiger partial charge in [0.25, 0.3) is 0 Å². The second kappa shape index (κ2) is 11.7. The van der Waals surface area contributed by atoms with Crippen molar-refractivity contribution in [1.29, 1.82) is 0 Å². The minimum Gasteiger partial charge on any atom is -0.373 e. The number of hydrogen-bond acceptors (Lipinski definition) is 7. The monoisotopic (exact) mass is 442 g/mol. The summed E-state index contributed by atoms with van der Waals surface area (Å²) in [7, 11) is 0. The van der Waals surface area contributed by atoms with Gasteiger partial charge in [-0.25, -0.2) is 4.98 Å². The molecule has 10 heteroatoms. The summed E-state index contributed by atoms with van der Waals surface area (Å²) in [5.74, 6) is 2.18. The third kappa shape index (κ3) is 7.50. The summed E-state index contributed by atoms with van der Waals surface area (Å²) in [5.41, 5.74) is 1.02. The topological polar surface area (TPSA) is 66.5 Å². The van der Waals surface area contributed by atoms with Gasteiger partial charge < -0.3 is 15.4 Å². The smallest absolute Gasteiger partial charge is 0.227 e. The molecule has 0 saturated carbocycles. The Morgan fingerprint density at radius 1 is 1.38 bits per heavy atom. The molecule has 2 saturated heterocycles. The fourth-order valence-corrected chi connectivity index (χ4v) is 4.89. The minimum absolute atomic E-state index is 0. The highest BCUT2D eigenvalue weighted by Gasteiger charge is 2.23. The number of anilines is 1. The molecule has 2 aliphatic heterocycles. The predicted molar refractivity (Wildman–Crippen MR) is 114 cm³/mol. The van der Waals surface area contributed by atoms with Crippen molar-refractivity contribution in [3.8, 4) is 0 Å². The van der Waals surface area contributed by atoms with Gasteiger partial charge in [0.1, 0.15) is 0 Å². The van der Waals surface area contributed by atoms with Gasteiger partial charge in [-0.15, -0.1) is 36.2 Å². The molecule has 3 unspecified atom stereocenters. The van der Waals surface area contributed by atoms with Gasteiger partial charge in [0, 0.05) is 55.5 Å². The number of amides is 1. The summed E-state index contributed by atoms with van der Waals surface area (Å²) in [6.45, 7) is 7.86. The average molecular weight is 443 g/mol. The van der Waals surface area contributed by atoms with E-state index in [0.717, 1.165) is 43.4 Å². The number of thioether (sulfide) groups is 1. The maximum Gasteiger partial charge on any atom is 0.227 e. The number of morpholine rings is 1. The highest BCUT2D eigenvalue weighted by atomic mass is 35.5. The zero-order valence-electron chi connectivity index (χ0n) is 15.1. The average Bonchev–Trinajstić information content (AvgIpc) is 2.94. The molecule has 2 fully saturated rings. The number of carbonyl (C=O) groups is 1. The fourth-order valence-electron chi connectivity index (χ4n) is 3.22. The molecule has 1 aromatic rings. The molecule has 0 radical (unpaired) electrons. The van der Waals surface area contributed by atoms with Crippen LogP contribution in [0.25, 0.3) is 0 Å². The van der Waals surface area contributed by atoms with E-state index in [9.17, 15) is 4.79 Å². The Bertz CT molecular complexity index is 548. The molecule has 3 heterocycles. The maximum atomic E-state index is 12.1. The van der Waals surface area contributed by atoms with Crippen molar-refractivity contribution in [1.82, 2.24) is 15.2 Å². The van der Waals surface area contributed by atoms with Crippen LogP contribution in [0, 0.1) is 0 Å². The zero-order chi connectivity index (χ0) is 16.9. The Morgan fingerprint density at radius 2 is 2.12 bits per heavy atom. The molecule has 3 rings (SSSR count). The molecule has 2 N–H and O–H groups in total. The quantitative estimate of drug-likeness (QED) is 0.730. The fraction of sp³-hybridized carbons (Fsp3) is 0.750. The van der Waals surface area contributed by atoms with Crippen LogP contribution < -0.4 is 10.6 Å². The summed E-state index contributed by atoms with van der Waals surface area (Å²) < 4.78 is 5.76. The van der Waals surface area contributed by atoms with E-state index in [4.69, 9.17) is 4.74 Å². The first-order valence-electron chi connectivity index (χ1n) is 8.51. The molecule has 2 aliphatic rings. The molecular formula is C16H28Cl2N4O2S2. The summed E-state index contributed by atoms with van der Waals surface area (Å²) in [6, 6.07) is 0.277. The SMILES string of the molecule is CC1CN(Cc2csc(NC(=O)CC3CSCCN3)n2)CC(C)O1.Cl.Cl. The number of carbonyl (C=O) groups excluding carboxylic acids is 1. The maximum absolute atomic E-state index is 12.1. The summed E-state index contributed by atoms with van der Waals surface area (Å²) in [6.07, 6.45) is 1.03. The van der Waals surface area contributed by atoms with Gasteiger partial charge in [-0.1, -0.05) is 0 Å². The number of nitrogens with one attached hydrogen (secondary N) is 2. The number of halogens is 2. The molecule has 150 valence electrons. The van der Waals surface area contributed by atoms with Crippen LogP contribution in [0.5, 0.6) is 0 Å². The van der Waals surface area contributed by atoms with Gasteiger partial charge in [0.05, 0.1) is 17.9 Å². The van der Waals surface area contributed by atoms with E-state index < -0.39 is 0 Å². The molecule has 1 amide bonds. The van der Waals surface area contributed by atoms with Crippen molar-refractivity contribution in [2.45, 2.75) is 45.1 Å². The van der Waals surface area contributed by atoms with E-state index in [1.54, 1.807) is 0 Å². The summed E-state index contributed by atoms with van der Waals surface area (Å²) in [4.78, 5) is 19.1. The van der Waals surface area contributed by atoms with Gasteiger partial charge in [0.2, 0.25) is 5.91 Å². The van der Waals surface area contributed by atoms with Crippen molar-refractivity contribution in [2.75, 3.05) is 36.5 Å². The molecule has 26 heavy (non-hydrogen) atoms. The summed E-state index contributed by atoms with van der Waals surface area (Å²) >= 11 is 3.41. The van der Waals surface area contributed by atoms with Crippen LogP contribution in [0.15, 0.2) is 5.38 Å².